The van der Waals surface area contributed by atoms with Gasteiger partial charge in [-0.1, -0.05) is 19.9 Å². The van der Waals surface area contributed by atoms with Crippen LogP contribution in [0.25, 0.3) is 0 Å². The fourth-order valence-corrected chi connectivity index (χ4v) is 1.66. The maximum Gasteiger partial charge on any atom is 0.222 e. The van der Waals surface area contributed by atoms with Gasteiger partial charge < -0.3 is 9.47 Å². The molecule has 4 heteroatoms. The maximum absolute atomic E-state index is 5.76. The molecule has 0 aliphatic rings. The van der Waals surface area contributed by atoms with E-state index in [-0.39, 0.29) is 5.92 Å². The highest BCUT2D eigenvalue weighted by Crippen LogP contribution is 2.25. The van der Waals surface area contributed by atoms with Gasteiger partial charge in [0.1, 0.15) is 17.3 Å². The molecular formula is C15H18N2O2. The number of ether oxygens (including phenoxy) is 2. The molecule has 0 radical (unpaired) electrons. The summed E-state index contributed by atoms with van der Waals surface area (Å²) >= 11 is 0. The molecular weight excluding hydrogens is 240 g/mol. The first-order valence-corrected chi connectivity index (χ1v) is 6.26. The highest BCUT2D eigenvalue weighted by molar-refractivity contribution is 5.35. The number of hydrogen-bond acceptors (Lipinski definition) is 4. The van der Waals surface area contributed by atoms with Gasteiger partial charge in [-0.3, -0.25) is 0 Å². The average molecular weight is 258 g/mol. The minimum absolute atomic E-state index is 0.271. The molecule has 1 heterocycles. The molecule has 0 aliphatic heterocycles. The Morgan fingerprint density at radius 1 is 1.05 bits per heavy atom. The molecule has 0 bridgehead atoms. The molecule has 0 saturated carbocycles. The van der Waals surface area contributed by atoms with Gasteiger partial charge in [-0.25, -0.2) is 4.98 Å². The summed E-state index contributed by atoms with van der Waals surface area (Å²) in [6, 6.07) is 9.27. The van der Waals surface area contributed by atoms with Gasteiger partial charge in [-0.2, -0.15) is 4.98 Å². The highest BCUT2D eigenvalue weighted by atomic mass is 16.5. The molecule has 4 nitrogen and oxygen atoms in total. The van der Waals surface area contributed by atoms with Crippen LogP contribution in [0.4, 0.5) is 0 Å². The van der Waals surface area contributed by atoms with E-state index in [0.717, 1.165) is 17.3 Å². The van der Waals surface area contributed by atoms with Gasteiger partial charge in [0.15, 0.2) is 0 Å². The zero-order chi connectivity index (χ0) is 13.8. The van der Waals surface area contributed by atoms with E-state index in [1.165, 1.54) is 0 Å². The lowest BCUT2D eigenvalue weighted by atomic mass is 10.2. The lowest BCUT2D eigenvalue weighted by Crippen LogP contribution is -2.01. The summed E-state index contributed by atoms with van der Waals surface area (Å²) in [5, 5.41) is 0. The van der Waals surface area contributed by atoms with Crippen LogP contribution >= 0.6 is 0 Å². The van der Waals surface area contributed by atoms with Crippen molar-refractivity contribution in [1.29, 1.82) is 0 Å². The summed E-state index contributed by atoms with van der Waals surface area (Å²) in [5.41, 5.74) is 0.900. The third kappa shape index (κ3) is 3.44. The summed E-state index contributed by atoms with van der Waals surface area (Å²) in [6.45, 7) is 6.06. The number of methoxy groups -OCH3 is 1. The molecule has 0 saturated heterocycles. The topological polar surface area (TPSA) is 44.2 Å². The van der Waals surface area contributed by atoms with Crippen molar-refractivity contribution in [3.8, 4) is 17.4 Å². The zero-order valence-corrected chi connectivity index (χ0v) is 11.7. The Bertz CT molecular complexity index is 568. The lowest BCUT2D eigenvalue weighted by Gasteiger charge is -2.10. The van der Waals surface area contributed by atoms with Gasteiger partial charge >= 0.3 is 0 Å². The van der Waals surface area contributed by atoms with Crippen LogP contribution in [0.2, 0.25) is 0 Å². The van der Waals surface area contributed by atoms with E-state index in [2.05, 4.69) is 23.8 Å². The second-order valence-electron chi connectivity index (χ2n) is 4.64. The Labute approximate surface area is 113 Å². The van der Waals surface area contributed by atoms with E-state index in [1.807, 2.05) is 37.3 Å². The van der Waals surface area contributed by atoms with Crippen molar-refractivity contribution in [3.63, 3.8) is 0 Å². The van der Waals surface area contributed by atoms with E-state index in [1.54, 1.807) is 7.11 Å². The van der Waals surface area contributed by atoms with E-state index in [4.69, 9.17) is 9.47 Å². The number of aryl methyl sites for hydroxylation is 1. The molecule has 0 spiro atoms. The molecule has 0 N–H and O–H groups in total. The SMILES string of the molecule is COc1cccc(Oc2cc(C)nc(C(C)C)n2)c1. The van der Waals surface area contributed by atoms with Crippen LogP contribution in [0.15, 0.2) is 30.3 Å². The molecule has 1 aromatic heterocycles. The number of aromatic nitrogens is 2. The molecule has 0 fully saturated rings. The van der Waals surface area contributed by atoms with Gasteiger partial charge in [0.2, 0.25) is 5.88 Å². The molecule has 2 rings (SSSR count). The summed E-state index contributed by atoms with van der Waals surface area (Å²) < 4.78 is 10.9. The Morgan fingerprint density at radius 3 is 2.47 bits per heavy atom. The predicted molar refractivity (Wildman–Crippen MR) is 73.9 cm³/mol. The summed E-state index contributed by atoms with van der Waals surface area (Å²) in [7, 11) is 1.63. The van der Waals surface area contributed by atoms with Crippen molar-refractivity contribution in [3.05, 3.63) is 41.9 Å². The summed E-state index contributed by atoms with van der Waals surface area (Å²) in [5.74, 6) is 3.08. The Kier molecular flexibility index (Phi) is 4.00. The van der Waals surface area contributed by atoms with Gasteiger partial charge in [0, 0.05) is 23.7 Å². The first kappa shape index (κ1) is 13.3. The monoisotopic (exact) mass is 258 g/mol. The first-order chi connectivity index (χ1) is 9.08. The molecule has 0 atom stereocenters. The Balaban J connectivity index is 2.27. The normalized spacial score (nSPS) is 10.6. The quantitative estimate of drug-likeness (QED) is 0.838. The van der Waals surface area contributed by atoms with E-state index in [9.17, 15) is 0 Å². The first-order valence-electron chi connectivity index (χ1n) is 6.26. The number of hydrogen-bond donors (Lipinski definition) is 0. The van der Waals surface area contributed by atoms with Crippen molar-refractivity contribution >= 4 is 0 Å². The smallest absolute Gasteiger partial charge is 0.222 e. The van der Waals surface area contributed by atoms with Crippen molar-refractivity contribution in [2.75, 3.05) is 7.11 Å². The van der Waals surface area contributed by atoms with Crippen LogP contribution in [0.3, 0.4) is 0 Å². The minimum Gasteiger partial charge on any atom is -0.497 e. The highest BCUT2D eigenvalue weighted by Gasteiger charge is 2.08. The van der Waals surface area contributed by atoms with Crippen LogP contribution in [-0.4, -0.2) is 17.1 Å². The zero-order valence-electron chi connectivity index (χ0n) is 11.7. The lowest BCUT2D eigenvalue weighted by molar-refractivity contribution is 0.406. The van der Waals surface area contributed by atoms with Crippen LogP contribution in [0.5, 0.6) is 17.4 Å². The molecule has 19 heavy (non-hydrogen) atoms. The second kappa shape index (κ2) is 5.69. The van der Waals surface area contributed by atoms with Gasteiger partial charge in [0.25, 0.3) is 0 Å². The van der Waals surface area contributed by atoms with Gasteiger partial charge in [-0.05, 0) is 19.1 Å². The van der Waals surface area contributed by atoms with Crippen molar-refractivity contribution in [2.45, 2.75) is 26.7 Å². The predicted octanol–water partition coefficient (Wildman–Crippen LogP) is 3.71. The Hall–Kier alpha value is -2.10. The standard InChI is InChI=1S/C15H18N2O2/c1-10(2)15-16-11(3)8-14(17-15)19-13-7-5-6-12(9-13)18-4/h5-10H,1-4H3. The largest absolute Gasteiger partial charge is 0.497 e. The third-order valence-electron chi connectivity index (χ3n) is 2.63. The van der Waals surface area contributed by atoms with Crippen molar-refractivity contribution < 1.29 is 9.47 Å². The van der Waals surface area contributed by atoms with Gasteiger partial charge in [-0.15, -0.1) is 0 Å². The van der Waals surface area contributed by atoms with E-state index in [0.29, 0.717) is 11.6 Å². The molecule has 100 valence electrons. The number of benzene rings is 1. The molecule has 0 unspecified atom stereocenters. The van der Waals surface area contributed by atoms with Crippen molar-refractivity contribution in [1.82, 2.24) is 9.97 Å². The maximum atomic E-state index is 5.76. The van der Waals surface area contributed by atoms with Crippen molar-refractivity contribution in [2.24, 2.45) is 0 Å². The van der Waals surface area contributed by atoms with E-state index >= 15 is 0 Å². The average Bonchev–Trinajstić information content (AvgIpc) is 2.38. The minimum atomic E-state index is 0.271. The fourth-order valence-electron chi connectivity index (χ4n) is 1.66. The number of nitrogens with zero attached hydrogens (tertiary/aromatic N) is 2. The fraction of sp³-hybridized carbons (Fsp3) is 0.333. The second-order valence-corrected chi connectivity index (χ2v) is 4.64. The van der Waals surface area contributed by atoms with Crippen LogP contribution in [0, 0.1) is 6.92 Å². The molecule has 0 aliphatic carbocycles. The summed E-state index contributed by atoms with van der Waals surface area (Å²) in [4.78, 5) is 8.80. The van der Waals surface area contributed by atoms with Gasteiger partial charge in [0.05, 0.1) is 7.11 Å². The van der Waals surface area contributed by atoms with Crippen LogP contribution in [0.1, 0.15) is 31.3 Å². The summed E-state index contributed by atoms with van der Waals surface area (Å²) in [6.07, 6.45) is 0. The Morgan fingerprint density at radius 2 is 1.79 bits per heavy atom. The molecule has 2 aromatic rings. The number of rotatable bonds is 4. The van der Waals surface area contributed by atoms with Crippen LogP contribution < -0.4 is 9.47 Å². The molecule has 0 amide bonds. The third-order valence-corrected chi connectivity index (χ3v) is 2.63. The van der Waals surface area contributed by atoms with Crippen LogP contribution in [-0.2, 0) is 0 Å². The molecule has 1 aromatic carbocycles. The van der Waals surface area contributed by atoms with E-state index < -0.39 is 0 Å².